The smallest absolute Gasteiger partial charge is 0.0782 e. The van der Waals surface area contributed by atoms with Crippen molar-refractivity contribution in [3.63, 3.8) is 0 Å². The Morgan fingerprint density at radius 2 is 2.08 bits per heavy atom. The predicted octanol–water partition coefficient (Wildman–Crippen LogP) is 1.08. The van der Waals surface area contributed by atoms with Crippen LogP contribution in [0, 0.1) is 5.92 Å². The lowest BCUT2D eigenvalue weighted by Crippen LogP contribution is -2.39. The SMILES string of the molecule is CC1C=NN(CC(C)(C)O)C1C. The van der Waals surface area contributed by atoms with Gasteiger partial charge < -0.3 is 5.11 Å². The normalized spacial score (nSPS) is 29.9. The van der Waals surface area contributed by atoms with Gasteiger partial charge in [-0.1, -0.05) is 6.92 Å². The molecule has 2 unspecified atom stereocenters. The molecular formula is C9H18N2O. The third kappa shape index (κ3) is 2.21. The molecule has 70 valence electrons. The van der Waals surface area contributed by atoms with Crippen LogP contribution in [0.3, 0.4) is 0 Å². The third-order valence-corrected chi connectivity index (χ3v) is 2.23. The van der Waals surface area contributed by atoms with Crippen LogP contribution >= 0.6 is 0 Å². The standard InChI is InChI=1S/C9H18N2O/c1-7-5-10-11(8(7)2)6-9(3,4)12/h5,7-8,12H,6H2,1-4H3. The lowest BCUT2D eigenvalue weighted by molar-refractivity contribution is 0.0260. The fourth-order valence-electron chi connectivity index (χ4n) is 1.27. The number of rotatable bonds is 2. The van der Waals surface area contributed by atoms with Crippen molar-refractivity contribution in [1.29, 1.82) is 0 Å². The monoisotopic (exact) mass is 170 g/mol. The zero-order valence-corrected chi connectivity index (χ0v) is 8.28. The van der Waals surface area contributed by atoms with Gasteiger partial charge in [-0.15, -0.1) is 0 Å². The first-order valence-electron chi connectivity index (χ1n) is 4.43. The Hall–Kier alpha value is -0.570. The number of hydrogen-bond donors (Lipinski definition) is 1. The van der Waals surface area contributed by atoms with Gasteiger partial charge in [-0.3, -0.25) is 5.01 Å². The van der Waals surface area contributed by atoms with Crippen molar-refractivity contribution in [2.45, 2.75) is 39.3 Å². The Kier molecular flexibility index (Phi) is 2.42. The van der Waals surface area contributed by atoms with Crippen LogP contribution in [0.1, 0.15) is 27.7 Å². The van der Waals surface area contributed by atoms with Crippen molar-refractivity contribution in [3.8, 4) is 0 Å². The molecule has 0 radical (unpaired) electrons. The summed E-state index contributed by atoms with van der Waals surface area (Å²) in [5.41, 5.74) is -0.657. The Labute approximate surface area is 74.1 Å². The minimum absolute atomic E-state index is 0.413. The van der Waals surface area contributed by atoms with E-state index in [4.69, 9.17) is 0 Å². The summed E-state index contributed by atoms with van der Waals surface area (Å²) in [6, 6.07) is 0.413. The molecule has 0 aromatic heterocycles. The molecule has 0 saturated heterocycles. The van der Waals surface area contributed by atoms with E-state index in [1.807, 2.05) is 11.2 Å². The van der Waals surface area contributed by atoms with Crippen molar-refractivity contribution >= 4 is 6.21 Å². The second-order valence-electron chi connectivity index (χ2n) is 4.27. The fourth-order valence-corrected chi connectivity index (χ4v) is 1.27. The Morgan fingerprint density at radius 3 is 2.42 bits per heavy atom. The van der Waals surface area contributed by atoms with Crippen LogP contribution in [0.2, 0.25) is 0 Å². The highest BCUT2D eigenvalue weighted by Crippen LogP contribution is 2.18. The molecule has 0 fully saturated rings. The molecule has 1 rings (SSSR count). The van der Waals surface area contributed by atoms with Crippen LogP contribution < -0.4 is 0 Å². The molecule has 0 aromatic rings. The quantitative estimate of drug-likeness (QED) is 0.673. The van der Waals surface area contributed by atoms with E-state index >= 15 is 0 Å². The van der Waals surface area contributed by atoms with Crippen LogP contribution in [0.25, 0.3) is 0 Å². The second-order valence-corrected chi connectivity index (χ2v) is 4.27. The average molecular weight is 170 g/mol. The maximum atomic E-state index is 9.57. The minimum Gasteiger partial charge on any atom is -0.389 e. The van der Waals surface area contributed by atoms with E-state index in [-0.39, 0.29) is 0 Å². The highest BCUT2D eigenvalue weighted by atomic mass is 16.3. The van der Waals surface area contributed by atoms with E-state index in [0.29, 0.717) is 18.5 Å². The lowest BCUT2D eigenvalue weighted by atomic mass is 10.0. The van der Waals surface area contributed by atoms with Crippen molar-refractivity contribution < 1.29 is 5.11 Å². The zero-order valence-electron chi connectivity index (χ0n) is 8.28. The number of hydrazone groups is 1. The van der Waals surface area contributed by atoms with Crippen LogP contribution in [0.4, 0.5) is 0 Å². The van der Waals surface area contributed by atoms with E-state index in [1.165, 1.54) is 0 Å². The van der Waals surface area contributed by atoms with Crippen LogP contribution in [0.15, 0.2) is 5.10 Å². The van der Waals surface area contributed by atoms with Gasteiger partial charge >= 0.3 is 0 Å². The molecule has 0 aliphatic carbocycles. The lowest BCUT2D eigenvalue weighted by Gasteiger charge is -2.28. The van der Waals surface area contributed by atoms with Gasteiger partial charge in [-0.25, -0.2) is 0 Å². The van der Waals surface area contributed by atoms with Gasteiger partial charge in [-0.2, -0.15) is 5.10 Å². The second kappa shape index (κ2) is 3.05. The van der Waals surface area contributed by atoms with Gasteiger partial charge in [0.25, 0.3) is 0 Å². The van der Waals surface area contributed by atoms with Crippen molar-refractivity contribution in [1.82, 2.24) is 5.01 Å². The summed E-state index contributed by atoms with van der Waals surface area (Å²) >= 11 is 0. The maximum absolute atomic E-state index is 9.57. The summed E-state index contributed by atoms with van der Waals surface area (Å²) in [7, 11) is 0. The molecular weight excluding hydrogens is 152 g/mol. The average Bonchev–Trinajstić information content (AvgIpc) is 2.16. The Bertz CT molecular complexity index is 183. The van der Waals surface area contributed by atoms with Gasteiger partial charge in [0.1, 0.15) is 0 Å². The number of hydrogen-bond acceptors (Lipinski definition) is 3. The van der Waals surface area contributed by atoms with Gasteiger partial charge in [0.2, 0.25) is 0 Å². The summed E-state index contributed by atoms with van der Waals surface area (Å²) in [5, 5.41) is 15.7. The maximum Gasteiger partial charge on any atom is 0.0782 e. The molecule has 0 saturated carbocycles. The van der Waals surface area contributed by atoms with Gasteiger partial charge in [0.05, 0.1) is 18.2 Å². The van der Waals surface area contributed by atoms with Crippen molar-refractivity contribution in [3.05, 3.63) is 0 Å². The summed E-state index contributed by atoms with van der Waals surface area (Å²) in [5.74, 6) is 0.493. The minimum atomic E-state index is -0.657. The van der Waals surface area contributed by atoms with E-state index < -0.39 is 5.60 Å². The van der Waals surface area contributed by atoms with E-state index in [0.717, 1.165) is 0 Å². The summed E-state index contributed by atoms with van der Waals surface area (Å²) in [6.45, 7) is 8.48. The first-order chi connectivity index (χ1) is 5.40. The Morgan fingerprint density at radius 1 is 1.50 bits per heavy atom. The molecule has 0 amide bonds. The zero-order chi connectivity index (χ0) is 9.35. The number of aliphatic hydroxyl groups is 1. The van der Waals surface area contributed by atoms with Crippen LogP contribution in [-0.2, 0) is 0 Å². The fraction of sp³-hybridized carbons (Fsp3) is 0.889. The number of nitrogens with zero attached hydrogens (tertiary/aromatic N) is 2. The van der Waals surface area contributed by atoms with E-state index in [1.54, 1.807) is 13.8 Å². The highest BCUT2D eigenvalue weighted by Gasteiger charge is 2.27. The van der Waals surface area contributed by atoms with E-state index in [2.05, 4.69) is 18.9 Å². The van der Waals surface area contributed by atoms with Crippen molar-refractivity contribution in [2.75, 3.05) is 6.54 Å². The first-order valence-corrected chi connectivity index (χ1v) is 4.43. The van der Waals surface area contributed by atoms with Crippen molar-refractivity contribution in [2.24, 2.45) is 11.0 Å². The topological polar surface area (TPSA) is 35.8 Å². The predicted molar refractivity (Wildman–Crippen MR) is 50.1 cm³/mol. The molecule has 1 heterocycles. The highest BCUT2D eigenvalue weighted by molar-refractivity contribution is 5.62. The number of β-amino-alcohol motifs (C(OH)–C–C–N with tert-alkyl or cyclic N) is 1. The molecule has 0 bridgehead atoms. The molecule has 2 atom stereocenters. The molecule has 0 spiro atoms. The Balaban J connectivity index is 2.51. The largest absolute Gasteiger partial charge is 0.389 e. The van der Waals surface area contributed by atoms with Gasteiger partial charge in [-0.05, 0) is 20.8 Å². The molecule has 1 aliphatic heterocycles. The molecule has 1 N–H and O–H groups in total. The van der Waals surface area contributed by atoms with E-state index in [9.17, 15) is 5.11 Å². The molecule has 3 nitrogen and oxygen atoms in total. The van der Waals surface area contributed by atoms with Crippen LogP contribution in [0.5, 0.6) is 0 Å². The molecule has 12 heavy (non-hydrogen) atoms. The summed E-state index contributed by atoms with van der Waals surface area (Å²) < 4.78 is 0. The summed E-state index contributed by atoms with van der Waals surface area (Å²) in [6.07, 6.45) is 1.94. The van der Waals surface area contributed by atoms with Crippen LogP contribution in [-0.4, -0.2) is 34.5 Å². The molecule has 0 aromatic carbocycles. The summed E-state index contributed by atoms with van der Waals surface area (Å²) in [4.78, 5) is 0. The van der Waals surface area contributed by atoms with Gasteiger partial charge in [0.15, 0.2) is 0 Å². The third-order valence-electron chi connectivity index (χ3n) is 2.23. The molecule has 1 aliphatic rings. The molecule has 3 heteroatoms. The van der Waals surface area contributed by atoms with Gasteiger partial charge in [0, 0.05) is 12.1 Å². The first kappa shape index (κ1) is 9.52.